The molecule has 2 atom stereocenters. The zero-order valence-electron chi connectivity index (χ0n) is 24.7. The lowest BCUT2D eigenvalue weighted by Crippen LogP contribution is -2.44. The first-order valence-electron chi connectivity index (χ1n) is 15.4. The number of benzene rings is 2. The first kappa shape index (κ1) is 28.1. The van der Waals surface area contributed by atoms with E-state index in [-0.39, 0.29) is 58.2 Å². The van der Waals surface area contributed by atoms with Gasteiger partial charge in [0.25, 0.3) is 0 Å². The zero-order chi connectivity index (χ0) is 30.9. The van der Waals surface area contributed by atoms with Crippen LogP contribution in [0.1, 0.15) is 44.1 Å². The highest BCUT2D eigenvalue weighted by atomic mass is 19.1. The number of pyridine rings is 1. The molecule has 0 spiro atoms. The molecule has 0 aliphatic carbocycles. The smallest absolute Gasteiger partial charge is 0.319 e. The van der Waals surface area contributed by atoms with Gasteiger partial charge >= 0.3 is 6.01 Å². The maximum absolute atomic E-state index is 16.9. The number of halogens is 3. The fraction of sp³-hybridized carbons (Fsp3) is 0.382. The van der Waals surface area contributed by atoms with Crippen molar-refractivity contribution in [3.63, 3.8) is 0 Å². The number of aromatic hydroxyl groups is 1. The van der Waals surface area contributed by atoms with E-state index in [1.165, 1.54) is 30.3 Å². The molecule has 0 amide bonds. The van der Waals surface area contributed by atoms with Gasteiger partial charge in [0.05, 0.1) is 17.9 Å². The molecule has 8 rings (SSSR count). The quantitative estimate of drug-likeness (QED) is 0.266. The molecule has 0 unspecified atom stereocenters. The van der Waals surface area contributed by atoms with Crippen LogP contribution in [0.5, 0.6) is 17.6 Å². The Morgan fingerprint density at radius 1 is 1.11 bits per heavy atom. The molecule has 4 aromatic rings. The number of ether oxygens (including phenoxy) is 2. The molecular weight excluding hydrogens is 583 g/mol. The lowest BCUT2D eigenvalue weighted by atomic mass is 9.94. The van der Waals surface area contributed by atoms with Crippen molar-refractivity contribution >= 4 is 33.6 Å². The van der Waals surface area contributed by atoms with E-state index >= 15 is 4.39 Å². The topological polar surface area (TPSA) is 83.8 Å². The maximum atomic E-state index is 16.9. The number of phenols is 1. The fourth-order valence-electron chi connectivity index (χ4n) is 7.78. The van der Waals surface area contributed by atoms with E-state index < -0.39 is 11.6 Å². The van der Waals surface area contributed by atoms with Gasteiger partial charge in [-0.1, -0.05) is 18.7 Å². The van der Waals surface area contributed by atoms with Gasteiger partial charge in [-0.25, -0.2) is 18.2 Å². The summed E-state index contributed by atoms with van der Waals surface area (Å²) in [6.07, 6.45) is 7.31. The van der Waals surface area contributed by atoms with E-state index in [2.05, 4.69) is 26.3 Å². The van der Waals surface area contributed by atoms with Gasteiger partial charge in [0.2, 0.25) is 5.88 Å². The molecule has 0 bridgehead atoms. The van der Waals surface area contributed by atoms with Crippen LogP contribution in [-0.4, -0.2) is 69.4 Å². The largest absolute Gasteiger partial charge is 0.508 e. The molecule has 2 aromatic heterocycles. The van der Waals surface area contributed by atoms with Crippen molar-refractivity contribution in [1.29, 1.82) is 0 Å². The summed E-state index contributed by atoms with van der Waals surface area (Å²) < 4.78 is 57.9. The molecule has 8 nitrogen and oxygen atoms in total. The highest BCUT2D eigenvalue weighted by Crippen LogP contribution is 2.45. The van der Waals surface area contributed by atoms with Crippen LogP contribution in [0.15, 0.2) is 42.7 Å². The molecule has 3 saturated heterocycles. The molecule has 6 heterocycles. The van der Waals surface area contributed by atoms with Crippen LogP contribution in [0.4, 0.5) is 19.0 Å². The minimum absolute atomic E-state index is 0.00414. The molecule has 4 aliphatic rings. The molecule has 3 fully saturated rings. The van der Waals surface area contributed by atoms with E-state index in [4.69, 9.17) is 14.5 Å². The standard InChI is InChI=1S/C34H32F3N5O3/c1-2-23-25(36)8-7-20-12-22(43)13-24(26(20)23)29-28(37)30-27-31(42-11-4-3-6-21(42)17-44-32(27)38-29)40-33(39-30)45-18-34-9-5-10-41(34)16-19(14-34)15-35/h2,7-8,12-13,15,21,43H,1,3-6,9-11,14,16-18H2/b19-15-/t21-,34-/m0/s1. The Balaban J connectivity index is 1.32. The van der Waals surface area contributed by atoms with Gasteiger partial charge < -0.3 is 19.5 Å². The second-order valence-electron chi connectivity index (χ2n) is 12.5. The predicted octanol–water partition coefficient (Wildman–Crippen LogP) is 6.69. The number of phenolic OH excluding ortho intramolecular Hbond substituents is 1. The SMILES string of the molecule is C=Cc1c(F)ccc2cc(O)cc(-c3nc4c5c(nc(OC[C@@]67CCCN6C/C(=C\F)C7)nc5c3F)N3CCCC[C@H]3CO4)c12. The lowest BCUT2D eigenvalue weighted by molar-refractivity contribution is 0.108. The molecule has 45 heavy (non-hydrogen) atoms. The Bertz CT molecular complexity index is 1920. The summed E-state index contributed by atoms with van der Waals surface area (Å²) in [6.45, 7) is 6.46. The van der Waals surface area contributed by atoms with Gasteiger partial charge in [-0.3, -0.25) is 4.90 Å². The van der Waals surface area contributed by atoms with E-state index in [0.717, 1.165) is 44.2 Å². The maximum Gasteiger partial charge on any atom is 0.319 e. The minimum Gasteiger partial charge on any atom is -0.508 e. The average molecular weight is 616 g/mol. The number of fused-ring (bicyclic) bond motifs is 4. The monoisotopic (exact) mass is 615 g/mol. The normalized spacial score (nSPS) is 23.7. The molecule has 2 aromatic carbocycles. The van der Waals surface area contributed by atoms with Gasteiger partial charge in [0.1, 0.15) is 47.2 Å². The number of aromatic nitrogens is 3. The number of piperidine rings is 1. The van der Waals surface area contributed by atoms with Crippen LogP contribution in [-0.2, 0) is 0 Å². The summed E-state index contributed by atoms with van der Waals surface area (Å²) >= 11 is 0. The fourth-order valence-corrected chi connectivity index (χ4v) is 7.78. The minimum atomic E-state index is -0.767. The van der Waals surface area contributed by atoms with E-state index in [9.17, 15) is 13.9 Å². The van der Waals surface area contributed by atoms with Crippen molar-refractivity contribution in [2.24, 2.45) is 0 Å². The number of nitrogens with zero attached hydrogens (tertiary/aromatic N) is 5. The van der Waals surface area contributed by atoms with Crippen LogP contribution in [0.3, 0.4) is 0 Å². The van der Waals surface area contributed by atoms with Crippen molar-refractivity contribution < 1.29 is 27.8 Å². The van der Waals surface area contributed by atoms with Crippen LogP contribution >= 0.6 is 0 Å². The third-order valence-corrected chi connectivity index (χ3v) is 9.89. The summed E-state index contributed by atoms with van der Waals surface area (Å²) in [5.74, 6) is -0.762. The highest BCUT2D eigenvalue weighted by molar-refractivity contribution is 6.05. The van der Waals surface area contributed by atoms with Gasteiger partial charge in [0, 0.05) is 29.6 Å². The highest BCUT2D eigenvalue weighted by Gasteiger charge is 2.47. The molecule has 0 radical (unpaired) electrons. The first-order chi connectivity index (χ1) is 21.9. The lowest BCUT2D eigenvalue weighted by Gasteiger charge is -2.35. The first-order valence-corrected chi connectivity index (χ1v) is 15.4. The summed E-state index contributed by atoms with van der Waals surface area (Å²) in [5.41, 5.74) is 0.541. The second-order valence-corrected chi connectivity index (χ2v) is 12.5. The van der Waals surface area contributed by atoms with Crippen LogP contribution in [0.25, 0.3) is 39.0 Å². The molecule has 1 N–H and O–H groups in total. The molecule has 4 aliphatic heterocycles. The number of hydrogen-bond acceptors (Lipinski definition) is 8. The van der Waals surface area contributed by atoms with Crippen molar-refractivity contribution in [1.82, 2.24) is 19.9 Å². The second kappa shape index (κ2) is 10.6. The molecule has 0 saturated carbocycles. The Morgan fingerprint density at radius 2 is 2.00 bits per heavy atom. The summed E-state index contributed by atoms with van der Waals surface area (Å²) in [6, 6.07) is 5.67. The van der Waals surface area contributed by atoms with Crippen LogP contribution in [0, 0.1) is 11.6 Å². The van der Waals surface area contributed by atoms with E-state index in [1.807, 2.05) is 0 Å². The van der Waals surface area contributed by atoms with Crippen molar-refractivity contribution in [2.75, 3.05) is 37.7 Å². The summed E-state index contributed by atoms with van der Waals surface area (Å²) in [5, 5.41) is 11.8. The third kappa shape index (κ3) is 4.42. The van der Waals surface area contributed by atoms with Gasteiger partial charge in [0.15, 0.2) is 5.82 Å². The average Bonchev–Trinajstić information content (AvgIpc) is 3.55. The van der Waals surface area contributed by atoms with Gasteiger partial charge in [-0.2, -0.15) is 9.97 Å². The number of anilines is 1. The van der Waals surface area contributed by atoms with Crippen LogP contribution < -0.4 is 14.4 Å². The summed E-state index contributed by atoms with van der Waals surface area (Å²) in [7, 11) is 0. The number of hydrogen-bond donors (Lipinski definition) is 1. The van der Waals surface area contributed by atoms with E-state index in [1.54, 1.807) is 0 Å². The Hall–Kier alpha value is -4.38. The van der Waals surface area contributed by atoms with E-state index in [0.29, 0.717) is 54.4 Å². The molecule has 11 heteroatoms. The zero-order valence-corrected chi connectivity index (χ0v) is 24.7. The molecule has 232 valence electrons. The Morgan fingerprint density at radius 3 is 2.84 bits per heavy atom. The molecular formula is C34H32F3N5O3. The van der Waals surface area contributed by atoms with Crippen molar-refractivity contribution in [3.05, 3.63) is 59.9 Å². The number of rotatable bonds is 5. The Labute approximate surface area is 257 Å². The van der Waals surface area contributed by atoms with Crippen LogP contribution in [0.2, 0.25) is 0 Å². The van der Waals surface area contributed by atoms with Crippen molar-refractivity contribution in [3.8, 4) is 28.9 Å². The third-order valence-electron chi connectivity index (χ3n) is 9.89. The van der Waals surface area contributed by atoms with Gasteiger partial charge in [-0.05, 0) is 74.2 Å². The van der Waals surface area contributed by atoms with Gasteiger partial charge in [-0.15, -0.1) is 0 Å². The van der Waals surface area contributed by atoms with Crippen molar-refractivity contribution in [2.45, 2.75) is 50.1 Å². The Kier molecular flexibility index (Phi) is 6.63. The summed E-state index contributed by atoms with van der Waals surface area (Å²) in [4.78, 5) is 18.5. The predicted molar refractivity (Wildman–Crippen MR) is 165 cm³/mol.